The Morgan fingerprint density at radius 3 is 1.90 bits per heavy atom. The lowest BCUT2D eigenvalue weighted by molar-refractivity contribution is -0.0789. The molecule has 2 heterocycles. The van der Waals surface area contributed by atoms with Crippen LogP contribution in [0.15, 0.2) is 15.5 Å². The molecular formula is C24H30BrN5O. The monoisotopic (exact) mass is 483 g/mol. The maximum Gasteiger partial charge on any atom is 0.222 e. The van der Waals surface area contributed by atoms with Gasteiger partial charge >= 0.3 is 0 Å². The van der Waals surface area contributed by atoms with Crippen LogP contribution in [0.1, 0.15) is 88.8 Å². The molecular weight excluding hydrogens is 454 g/mol. The lowest BCUT2D eigenvalue weighted by atomic mass is 9.47. The highest BCUT2D eigenvalue weighted by Crippen LogP contribution is 2.65. The third-order valence-corrected chi connectivity index (χ3v) is 10.7. The summed E-state index contributed by atoms with van der Waals surface area (Å²) in [6, 6.07) is 0. The van der Waals surface area contributed by atoms with E-state index in [0.717, 1.165) is 47.8 Å². The van der Waals surface area contributed by atoms with Crippen molar-refractivity contribution in [1.29, 1.82) is 0 Å². The second-order valence-corrected chi connectivity index (χ2v) is 13.2. The first-order chi connectivity index (χ1) is 15.0. The molecule has 2 aromatic rings. The predicted octanol–water partition coefficient (Wildman–Crippen LogP) is 5.14. The lowest BCUT2D eigenvalue weighted by Gasteiger charge is -2.60. The average molecular weight is 484 g/mol. The topological polar surface area (TPSA) is 69.6 Å². The fourth-order valence-corrected chi connectivity index (χ4v) is 10.5. The first-order valence-corrected chi connectivity index (χ1v) is 13.2. The van der Waals surface area contributed by atoms with Gasteiger partial charge in [-0.05, 0) is 123 Å². The number of nitrogens with zero attached hydrogens (tertiary/aromatic N) is 5. The Hall–Kier alpha value is -1.24. The third-order valence-electron chi connectivity index (χ3n) is 10.4. The molecule has 8 bridgehead atoms. The van der Waals surface area contributed by atoms with Crippen molar-refractivity contribution in [1.82, 2.24) is 25.0 Å². The first-order valence-electron chi connectivity index (χ1n) is 12.4. The van der Waals surface area contributed by atoms with Gasteiger partial charge in [-0.3, -0.25) is 0 Å². The zero-order valence-corrected chi connectivity index (χ0v) is 19.6. The minimum atomic E-state index is 0.0378. The molecule has 0 aromatic carbocycles. The van der Waals surface area contributed by atoms with E-state index in [9.17, 15) is 0 Å². The molecule has 2 atom stereocenters. The van der Waals surface area contributed by atoms with Crippen molar-refractivity contribution < 1.29 is 4.42 Å². The van der Waals surface area contributed by atoms with Gasteiger partial charge in [-0.1, -0.05) is 0 Å². The van der Waals surface area contributed by atoms with Crippen LogP contribution < -0.4 is 0 Å². The molecule has 164 valence electrons. The smallest absolute Gasteiger partial charge is 0.222 e. The van der Waals surface area contributed by atoms with Gasteiger partial charge < -0.3 is 4.42 Å². The molecule has 8 aliphatic carbocycles. The zero-order valence-electron chi connectivity index (χ0n) is 18.0. The van der Waals surface area contributed by atoms with Gasteiger partial charge in [-0.2, -0.15) is 0 Å². The van der Waals surface area contributed by atoms with Gasteiger partial charge in [0.05, 0.1) is 11.0 Å². The van der Waals surface area contributed by atoms with Crippen molar-refractivity contribution in [2.24, 2.45) is 29.6 Å². The van der Waals surface area contributed by atoms with Crippen molar-refractivity contribution in [3.8, 4) is 0 Å². The first kappa shape index (κ1) is 18.2. The summed E-state index contributed by atoms with van der Waals surface area (Å²) in [7, 11) is 0. The van der Waals surface area contributed by atoms with E-state index in [0.29, 0.717) is 4.73 Å². The molecule has 2 unspecified atom stereocenters. The molecule has 0 radical (unpaired) electrons. The van der Waals surface area contributed by atoms with Crippen molar-refractivity contribution in [2.45, 2.75) is 93.4 Å². The van der Waals surface area contributed by atoms with E-state index in [-0.39, 0.29) is 16.4 Å². The van der Waals surface area contributed by atoms with Gasteiger partial charge in [0, 0.05) is 5.41 Å². The maximum atomic E-state index is 6.76. The Bertz CT molecular complexity index is 1010. The SMILES string of the molecule is Brc1ncn(C23CC4CC(CC(c5nnc(C67CC8CC(CC(C8)C6)C7)o5)(C4)C2)C3)n1. The van der Waals surface area contributed by atoms with Crippen molar-refractivity contribution in [3.63, 3.8) is 0 Å². The Kier molecular flexibility index (Phi) is 3.41. The summed E-state index contributed by atoms with van der Waals surface area (Å²) in [5.41, 5.74) is 0.297. The fraction of sp³-hybridized carbons (Fsp3) is 0.833. The average Bonchev–Trinajstić information content (AvgIpc) is 3.36. The van der Waals surface area contributed by atoms with Crippen LogP contribution in [-0.4, -0.2) is 25.0 Å². The summed E-state index contributed by atoms with van der Waals surface area (Å²) in [5, 5.41) is 14.3. The third kappa shape index (κ3) is 2.45. The van der Waals surface area contributed by atoms with Crippen LogP contribution in [0.25, 0.3) is 0 Å². The summed E-state index contributed by atoms with van der Waals surface area (Å²) in [6.45, 7) is 0. The Morgan fingerprint density at radius 2 is 1.32 bits per heavy atom. The quantitative estimate of drug-likeness (QED) is 0.604. The Balaban J connectivity index is 1.18. The highest BCUT2D eigenvalue weighted by atomic mass is 79.9. The van der Waals surface area contributed by atoms with E-state index in [2.05, 4.69) is 25.6 Å². The van der Waals surface area contributed by atoms with Gasteiger partial charge in [-0.25, -0.2) is 9.67 Å². The minimum absolute atomic E-state index is 0.0378. The largest absolute Gasteiger partial charge is 0.424 e. The lowest BCUT2D eigenvalue weighted by Crippen LogP contribution is -2.58. The molecule has 2 aromatic heterocycles. The van der Waals surface area contributed by atoms with Crippen molar-refractivity contribution >= 4 is 15.9 Å². The summed E-state index contributed by atoms with van der Waals surface area (Å²) in [5.74, 6) is 6.12. The van der Waals surface area contributed by atoms with Gasteiger partial charge in [0.15, 0.2) is 0 Å². The van der Waals surface area contributed by atoms with Crippen molar-refractivity contribution in [3.05, 3.63) is 22.8 Å². The van der Waals surface area contributed by atoms with Crippen LogP contribution in [0.2, 0.25) is 0 Å². The number of halogens is 1. The second-order valence-electron chi connectivity index (χ2n) is 12.5. The van der Waals surface area contributed by atoms with Gasteiger partial charge in [0.1, 0.15) is 6.33 Å². The van der Waals surface area contributed by atoms with Crippen LogP contribution in [0, 0.1) is 29.6 Å². The molecule has 7 heteroatoms. The molecule has 0 saturated heterocycles. The Morgan fingerprint density at radius 1 is 0.774 bits per heavy atom. The molecule has 8 saturated carbocycles. The van der Waals surface area contributed by atoms with Crippen LogP contribution >= 0.6 is 15.9 Å². The van der Waals surface area contributed by atoms with Gasteiger partial charge in [0.2, 0.25) is 16.5 Å². The molecule has 0 N–H and O–H groups in total. The summed E-state index contributed by atoms with van der Waals surface area (Å²) in [4.78, 5) is 4.40. The van der Waals surface area contributed by atoms with E-state index >= 15 is 0 Å². The second kappa shape index (κ2) is 5.81. The van der Waals surface area contributed by atoms with Gasteiger partial charge in [0.25, 0.3) is 0 Å². The summed E-state index contributed by atoms with van der Waals surface area (Å²) < 4.78 is 9.62. The number of hydrogen-bond donors (Lipinski definition) is 0. The number of aromatic nitrogens is 5. The van der Waals surface area contributed by atoms with Crippen LogP contribution in [-0.2, 0) is 16.4 Å². The highest BCUT2D eigenvalue weighted by molar-refractivity contribution is 9.10. The van der Waals surface area contributed by atoms with Crippen molar-refractivity contribution in [2.75, 3.05) is 0 Å². The highest BCUT2D eigenvalue weighted by Gasteiger charge is 2.62. The zero-order chi connectivity index (χ0) is 20.4. The van der Waals surface area contributed by atoms with Gasteiger partial charge in [-0.15, -0.1) is 15.3 Å². The molecule has 0 amide bonds. The molecule has 8 fully saturated rings. The molecule has 10 rings (SSSR count). The van der Waals surface area contributed by atoms with Crippen LogP contribution in [0.4, 0.5) is 0 Å². The van der Waals surface area contributed by atoms with E-state index in [4.69, 9.17) is 19.7 Å². The summed E-state index contributed by atoms with van der Waals surface area (Å²) in [6.07, 6.45) is 17.4. The Labute approximate surface area is 191 Å². The van der Waals surface area contributed by atoms with E-state index in [1.807, 2.05) is 6.33 Å². The molecule has 0 spiro atoms. The predicted molar refractivity (Wildman–Crippen MR) is 116 cm³/mol. The molecule has 8 aliphatic rings. The van der Waals surface area contributed by atoms with E-state index in [1.165, 1.54) is 70.6 Å². The number of rotatable bonds is 3. The van der Waals surface area contributed by atoms with E-state index in [1.54, 1.807) is 0 Å². The minimum Gasteiger partial charge on any atom is -0.424 e. The molecule has 31 heavy (non-hydrogen) atoms. The molecule has 0 aliphatic heterocycles. The molecule has 6 nitrogen and oxygen atoms in total. The van der Waals surface area contributed by atoms with Crippen LogP contribution in [0.5, 0.6) is 0 Å². The normalized spacial score (nSPS) is 49.3. The standard InChI is InChI=1S/C24H30BrN5O/c25-21-26-13-30(29-21)24-10-17-4-18(11-24)9-23(8-17,12-24)20-28-27-19(31-20)22-5-14-1-15(6-22)3-16(2-14)7-22/h13-18H,1-12H2. The summed E-state index contributed by atoms with van der Waals surface area (Å²) >= 11 is 3.47. The maximum absolute atomic E-state index is 6.76. The fourth-order valence-electron chi connectivity index (χ4n) is 10.2. The van der Waals surface area contributed by atoms with Crippen LogP contribution in [0.3, 0.4) is 0 Å². The van der Waals surface area contributed by atoms with E-state index < -0.39 is 0 Å². The number of hydrogen-bond acceptors (Lipinski definition) is 5.